The average molecular weight is 218 g/mol. The monoisotopic (exact) mass is 216 g/mol. The Morgan fingerprint density at radius 2 is 1.22 bits per heavy atom. The molecule has 2 nitrogen and oxygen atoms in total. The van der Waals surface area contributed by atoms with Gasteiger partial charge in [-0.25, -0.2) is 0 Å². The molecule has 0 aliphatic rings. The summed E-state index contributed by atoms with van der Waals surface area (Å²) in [7, 11) is 2.93. The Balaban J connectivity index is 0. The van der Waals surface area contributed by atoms with Gasteiger partial charge in [-0.05, 0) is 0 Å². The fourth-order valence-electron chi connectivity index (χ4n) is 0.214. The molecule has 5 heteroatoms. The van der Waals surface area contributed by atoms with E-state index in [0.717, 1.165) is 0 Å². The minimum atomic E-state index is -0.568. The Kier molecular flexibility index (Phi) is 9.99. The van der Waals surface area contributed by atoms with Gasteiger partial charge in [0.05, 0.1) is 0 Å². The van der Waals surface area contributed by atoms with Gasteiger partial charge >= 0.3 is 0 Å². The van der Waals surface area contributed by atoms with Crippen LogP contribution in [-0.4, -0.2) is 25.3 Å². The molecule has 0 spiro atoms. The fraction of sp³-hybridized carbons (Fsp3) is 1.00. The molecular weight excluding hydrogens is 210 g/mol. The summed E-state index contributed by atoms with van der Waals surface area (Å²) in [4.78, 5) is 0. The number of hydrogen-bond acceptors (Lipinski definition) is 2. The van der Waals surface area contributed by atoms with Crippen molar-refractivity contribution in [3.8, 4) is 0 Å². The van der Waals surface area contributed by atoms with Crippen LogP contribution in [0.25, 0.3) is 0 Å². The number of hydrogen-bond donors (Lipinski definition) is 0. The summed E-state index contributed by atoms with van der Waals surface area (Å²) in [6.07, 6.45) is 0. The molecule has 0 N–H and O–H groups in total. The van der Waals surface area contributed by atoms with Crippen LogP contribution in [0.4, 0.5) is 0 Å². The summed E-state index contributed by atoms with van der Waals surface area (Å²) < 4.78 is 9.22. The Morgan fingerprint density at radius 3 is 1.33 bits per heavy atom. The van der Waals surface area contributed by atoms with Gasteiger partial charge in [0.2, 0.25) is 0 Å². The molecule has 60 valence electrons. The van der Waals surface area contributed by atoms with Crippen LogP contribution in [0.2, 0.25) is 0 Å². The van der Waals surface area contributed by atoms with E-state index in [2.05, 4.69) is 9.47 Å². The van der Waals surface area contributed by atoms with Crippen molar-refractivity contribution in [2.75, 3.05) is 14.2 Å². The fourth-order valence-corrected chi connectivity index (χ4v) is 0.420. The number of ether oxygens (including phenoxy) is 2. The van der Waals surface area contributed by atoms with Crippen LogP contribution < -0.4 is 0 Å². The second-order valence-electron chi connectivity index (χ2n) is 1.17. The van der Waals surface area contributed by atoms with E-state index >= 15 is 0 Å². The molecule has 0 aliphatic heterocycles. The molecule has 0 saturated carbocycles. The molecule has 2 atom stereocenters. The summed E-state index contributed by atoms with van der Waals surface area (Å²) in [6, 6.07) is 0. The number of halogens is 2. The Hall–Kier alpha value is 0.994. The standard InChI is InChI=1S/C4H8Cl2O2.Ni/c1-7-3(5)4(6)8-2;/h3-4H,1-2H3;. The van der Waals surface area contributed by atoms with E-state index in [1.54, 1.807) is 0 Å². The molecule has 0 aromatic heterocycles. The van der Waals surface area contributed by atoms with Crippen molar-refractivity contribution in [2.24, 2.45) is 0 Å². The second kappa shape index (κ2) is 7.10. The van der Waals surface area contributed by atoms with Crippen molar-refractivity contribution in [1.82, 2.24) is 0 Å². The predicted molar refractivity (Wildman–Crippen MR) is 33.3 cm³/mol. The Labute approximate surface area is 74.7 Å². The van der Waals surface area contributed by atoms with Crippen LogP contribution in [-0.2, 0) is 26.0 Å². The van der Waals surface area contributed by atoms with E-state index < -0.39 is 11.1 Å². The summed E-state index contributed by atoms with van der Waals surface area (Å²) in [6.45, 7) is 0. The first-order chi connectivity index (χ1) is 3.72. The van der Waals surface area contributed by atoms with E-state index in [9.17, 15) is 0 Å². The largest absolute Gasteiger partial charge is 0.362 e. The Morgan fingerprint density at radius 1 is 1.00 bits per heavy atom. The molecule has 0 radical (unpaired) electrons. The van der Waals surface area contributed by atoms with Crippen LogP contribution >= 0.6 is 23.2 Å². The summed E-state index contributed by atoms with van der Waals surface area (Å²) in [5, 5.41) is 0. The molecule has 0 heterocycles. The zero-order chi connectivity index (χ0) is 6.57. The molecular formula is C4H8Cl2NiO2. The number of alkyl halides is 2. The maximum Gasteiger partial charge on any atom is 0.170 e. The summed E-state index contributed by atoms with van der Waals surface area (Å²) in [5.41, 5.74) is -1.14. The zero-order valence-electron chi connectivity index (χ0n) is 5.04. The first-order valence-electron chi connectivity index (χ1n) is 2.06. The van der Waals surface area contributed by atoms with Crippen LogP contribution in [0.3, 0.4) is 0 Å². The normalized spacial score (nSPS) is 16.0. The van der Waals surface area contributed by atoms with Crippen LogP contribution in [0.5, 0.6) is 0 Å². The quantitative estimate of drug-likeness (QED) is 0.526. The van der Waals surface area contributed by atoms with Crippen LogP contribution in [0.15, 0.2) is 0 Å². The third-order valence-electron chi connectivity index (χ3n) is 0.656. The molecule has 9 heavy (non-hydrogen) atoms. The van der Waals surface area contributed by atoms with E-state index in [-0.39, 0.29) is 16.5 Å². The molecule has 0 aromatic carbocycles. The third kappa shape index (κ3) is 5.44. The maximum absolute atomic E-state index is 5.44. The maximum atomic E-state index is 5.44. The molecule has 0 saturated heterocycles. The van der Waals surface area contributed by atoms with Crippen molar-refractivity contribution in [1.29, 1.82) is 0 Å². The van der Waals surface area contributed by atoms with Gasteiger partial charge in [0.15, 0.2) is 11.1 Å². The van der Waals surface area contributed by atoms with Crippen LogP contribution in [0, 0.1) is 0 Å². The van der Waals surface area contributed by atoms with E-state index in [1.165, 1.54) is 14.2 Å². The van der Waals surface area contributed by atoms with Crippen molar-refractivity contribution in [2.45, 2.75) is 11.1 Å². The van der Waals surface area contributed by atoms with Gasteiger partial charge in [0.25, 0.3) is 0 Å². The average Bonchev–Trinajstić information content (AvgIpc) is 1.84. The molecule has 0 aromatic rings. The predicted octanol–water partition coefficient (Wildman–Crippen LogP) is 1.41. The van der Waals surface area contributed by atoms with Gasteiger partial charge in [-0.1, -0.05) is 23.2 Å². The first-order valence-corrected chi connectivity index (χ1v) is 2.93. The van der Waals surface area contributed by atoms with Gasteiger partial charge in [-0.15, -0.1) is 0 Å². The molecule has 0 rings (SSSR count). The van der Waals surface area contributed by atoms with E-state index in [4.69, 9.17) is 23.2 Å². The Bertz CT molecular complexity index is 56.5. The molecule has 0 amide bonds. The summed E-state index contributed by atoms with van der Waals surface area (Å²) in [5.74, 6) is 0. The molecule has 2 unspecified atom stereocenters. The van der Waals surface area contributed by atoms with E-state index in [0.29, 0.717) is 0 Å². The molecule has 0 bridgehead atoms. The van der Waals surface area contributed by atoms with Gasteiger partial charge in [0.1, 0.15) is 0 Å². The first kappa shape index (κ1) is 12.7. The van der Waals surface area contributed by atoms with Crippen molar-refractivity contribution in [3.63, 3.8) is 0 Å². The van der Waals surface area contributed by atoms with Gasteiger partial charge < -0.3 is 9.47 Å². The van der Waals surface area contributed by atoms with E-state index in [1.807, 2.05) is 0 Å². The smallest absolute Gasteiger partial charge is 0.170 e. The van der Waals surface area contributed by atoms with Crippen LogP contribution in [0.1, 0.15) is 0 Å². The topological polar surface area (TPSA) is 18.5 Å². The summed E-state index contributed by atoms with van der Waals surface area (Å²) >= 11 is 10.9. The number of rotatable bonds is 3. The minimum Gasteiger partial charge on any atom is -0.362 e. The number of methoxy groups -OCH3 is 2. The van der Waals surface area contributed by atoms with Gasteiger partial charge in [0, 0.05) is 30.7 Å². The van der Waals surface area contributed by atoms with Crippen molar-refractivity contribution < 1.29 is 26.0 Å². The molecule has 0 fully saturated rings. The van der Waals surface area contributed by atoms with Gasteiger partial charge in [-0.2, -0.15) is 0 Å². The minimum absolute atomic E-state index is 0. The zero-order valence-corrected chi connectivity index (χ0v) is 7.54. The van der Waals surface area contributed by atoms with Crippen molar-refractivity contribution in [3.05, 3.63) is 0 Å². The van der Waals surface area contributed by atoms with Gasteiger partial charge in [-0.3, -0.25) is 0 Å². The third-order valence-corrected chi connectivity index (χ3v) is 1.60. The van der Waals surface area contributed by atoms with Crippen molar-refractivity contribution >= 4 is 23.2 Å². The second-order valence-corrected chi connectivity index (χ2v) is 2.03. The SMILES string of the molecule is COC(Cl)C(Cl)OC.[Ni]. The molecule has 0 aliphatic carbocycles.